The number of rotatable bonds is 3. The van der Waals surface area contributed by atoms with Crippen LogP contribution in [0, 0.1) is 5.41 Å². The van der Waals surface area contributed by atoms with E-state index in [1.165, 1.54) is 12.1 Å². The lowest BCUT2D eigenvalue weighted by molar-refractivity contribution is -0.137. The summed E-state index contributed by atoms with van der Waals surface area (Å²) in [5.41, 5.74) is -0.829. The number of carbonyl (C=O) groups is 1. The molecule has 0 saturated carbocycles. The fraction of sp³-hybridized carbons (Fsp3) is 0.533. The van der Waals surface area contributed by atoms with E-state index in [9.17, 15) is 18.0 Å². The first-order chi connectivity index (χ1) is 8.98. The maximum atomic E-state index is 13.1. The third-order valence-corrected chi connectivity index (χ3v) is 3.68. The van der Waals surface area contributed by atoms with Gasteiger partial charge < -0.3 is 4.90 Å². The standard InChI is InChI=1S/C15H20F3NO/c1-10(14(2,3)4)19(5)13-7-6-11(9-20)8-12(13)15(16,17)18/h6-10H,1-5H3. The van der Waals surface area contributed by atoms with Crippen molar-refractivity contribution in [3.63, 3.8) is 0 Å². The predicted octanol–water partition coefficient (Wildman–Crippen LogP) is 4.39. The van der Waals surface area contributed by atoms with Gasteiger partial charge in [-0.25, -0.2) is 0 Å². The van der Waals surface area contributed by atoms with Crippen molar-refractivity contribution in [1.82, 2.24) is 0 Å². The van der Waals surface area contributed by atoms with E-state index in [-0.39, 0.29) is 22.7 Å². The van der Waals surface area contributed by atoms with E-state index in [2.05, 4.69) is 0 Å². The fourth-order valence-electron chi connectivity index (χ4n) is 1.95. The molecular weight excluding hydrogens is 267 g/mol. The van der Waals surface area contributed by atoms with Crippen LogP contribution < -0.4 is 4.90 Å². The minimum absolute atomic E-state index is 0.0258. The Balaban J connectivity index is 3.34. The second-order valence-corrected chi connectivity index (χ2v) is 6.05. The van der Waals surface area contributed by atoms with Gasteiger partial charge in [0.2, 0.25) is 0 Å². The minimum atomic E-state index is -4.49. The van der Waals surface area contributed by atoms with Crippen LogP contribution >= 0.6 is 0 Å². The molecule has 0 aliphatic rings. The first-order valence-corrected chi connectivity index (χ1v) is 6.37. The van der Waals surface area contributed by atoms with Crippen LogP contribution in [0.5, 0.6) is 0 Å². The summed E-state index contributed by atoms with van der Waals surface area (Å²) < 4.78 is 39.4. The van der Waals surface area contributed by atoms with Crippen LogP contribution in [0.2, 0.25) is 0 Å². The quantitative estimate of drug-likeness (QED) is 0.768. The lowest BCUT2D eigenvalue weighted by atomic mass is 9.86. The van der Waals surface area contributed by atoms with Crippen molar-refractivity contribution in [3.05, 3.63) is 29.3 Å². The maximum Gasteiger partial charge on any atom is 0.418 e. The first-order valence-electron chi connectivity index (χ1n) is 6.37. The third-order valence-electron chi connectivity index (χ3n) is 3.68. The zero-order valence-electron chi connectivity index (χ0n) is 12.4. The summed E-state index contributed by atoms with van der Waals surface area (Å²) in [6.45, 7) is 7.80. The highest BCUT2D eigenvalue weighted by molar-refractivity contribution is 5.77. The summed E-state index contributed by atoms with van der Waals surface area (Å²) in [7, 11) is 1.64. The second kappa shape index (κ2) is 5.46. The Hall–Kier alpha value is -1.52. The second-order valence-electron chi connectivity index (χ2n) is 6.05. The lowest BCUT2D eigenvalue weighted by Crippen LogP contribution is -2.40. The monoisotopic (exact) mass is 287 g/mol. The summed E-state index contributed by atoms with van der Waals surface area (Å²) in [6, 6.07) is 3.57. The molecule has 1 atom stereocenters. The van der Waals surface area contributed by atoms with Crippen molar-refractivity contribution < 1.29 is 18.0 Å². The number of hydrogen-bond donors (Lipinski definition) is 0. The van der Waals surface area contributed by atoms with Crippen LogP contribution in [0.3, 0.4) is 0 Å². The predicted molar refractivity (Wildman–Crippen MR) is 74.2 cm³/mol. The minimum Gasteiger partial charge on any atom is -0.371 e. The molecule has 0 fully saturated rings. The van der Waals surface area contributed by atoms with Gasteiger partial charge in [-0.05, 0) is 30.5 Å². The van der Waals surface area contributed by atoms with E-state index in [0.29, 0.717) is 6.29 Å². The number of nitrogens with zero attached hydrogens (tertiary/aromatic N) is 1. The van der Waals surface area contributed by atoms with Gasteiger partial charge in [-0.2, -0.15) is 13.2 Å². The topological polar surface area (TPSA) is 20.3 Å². The largest absolute Gasteiger partial charge is 0.418 e. The zero-order chi connectivity index (χ0) is 15.7. The number of anilines is 1. The Labute approximate surface area is 117 Å². The number of carbonyl (C=O) groups excluding carboxylic acids is 1. The summed E-state index contributed by atoms with van der Waals surface area (Å²) in [6.07, 6.45) is -4.06. The van der Waals surface area contributed by atoms with Crippen molar-refractivity contribution in [2.75, 3.05) is 11.9 Å². The Morgan fingerprint density at radius 3 is 2.15 bits per heavy atom. The first kappa shape index (κ1) is 16.5. The average molecular weight is 287 g/mol. The van der Waals surface area contributed by atoms with E-state index < -0.39 is 11.7 Å². The molecule has 0 bridgehead atoms. The van der Waals surface area contributed by atoms with Gasteiger partial charge in [0.05, 0.1) is 5.56 Å². The molecule has 0 aliphatic carbocycles. The van der Waals surface area contributed by atoms with Gasteiger partial charge in [0, 0.05) is 24.3 Å². The van der Waals surface area contributed by atoms with Gasteiger partial charge >= 0.3 is 6.18 Å². The highest BCUT2D eigenvalue weighted by Crippen LogP contribution is 2.39. The summed E-state index contributed by atoms with van der Waals surface area (Å²) in [5.74, 6) is 0. The van der Waals surface area contributed by atoms with Crippen molar-refractivity contribution in [3.8, 4) is 0 Å². The Kier molecular flexibility index (Phi) is 4.52. The smallest absolute Gasteiger partial charge is 0.371 e. The van der Waals surface area contributed by atoms with Crippen LogP contribution in [0.1, 0.15) is 43.6 Å². The molecule has 0 N–H and O–H groups in total. The number of benzene rings is 1. The van der Waals surface area contributed by atoms with Crippen molar-refractivity contribution in [2.45, 2.75) is 39.9 Å². The molecule has 0 saturated heterocycles. The Bertz CT molecular complexity index is 489. The van der Waals surface area contributed by atoms with Crippen molar-refractivity contribution >= 4 is 12.0 Å². The average Bonchev–Trinajstić information content (AvgIpc) is 2.34. The number of alkyl halides is 3. The zero-order valence-corrected chi connectivity index (χ0v) is 12.4. The maximum absolute atomic E-state index is 13.1. The van der Waals surface area contributed by atoms with Crippen molar-refractivity contribution in [1.29, 1.82) is 0 Å². The molecule has 20 heavy (non-hydrogen) atoms. The van der Waals surface area contributed by atoms with Gasteiger partial charge in [0.25, 0.3) is 0 Å². The van der Waals surface area contributed by atoms with E-state index >= 15 is 0 Å². The molecule has 1 aromatic rings. The summed E-state index contributed by atoms with van der Waals surface area (Å²) >= 11 is 0. The molecule has 0 aliphatic heterocycles. The molecular formula is C15H20F3NO. The SMILES string of the molecule is CC(N(C)c1ccc(C=O)cc1C(F)(F)F)C(C)(C)C. The van der Waals surface area contributed by atoms with E-state index in [4.69, 9.17) is 0 Å². The van der Waals surface area contributed by atoms with E-state index in [1.807, 2.05) is 27.7 Å². The molecule has 1 unspecified atom stereocenters. The van der Waals surface area contributed by atoms with Crippen LogP contribution in [0.25, 0.3) is 0 Å². The van der Waals surface area contributed by atoms with E-state index in [0.717, 1.165) is 6.07 Å². The summed E-state index contributed by atoms with van der Waals surface area (Å²) in [4.78, 5) is 12.3. The van der Waals surface area contributed by atoms with E-state index in [1.54, 1.807) is 11.9 Å². The molecule has 2 nitrogen and oxygen atoms in total. The van der Waals surface area contributed by atoms with Gasteiger partial charge in [0.1, 0.15) is 6.29 Å². The Morgan fingerprint density at radius 2 is 1.75 bits per heavy atom. The van der Waals surface area contributed by atoms with Crippen LogP contribution in [0.4, 0.5) is 18.9 Å². The molecule has 5 heteroatoms. The van der Waals surface area contributed by atoms with Crippen molar-refractivity contribution in [2.24, 2.45) is 5.41 Å². The third kappa shape index (κ3) is 3.52. The van der Waals surface area contributed by atoms with Gasteiger partial charge in [0.15, 0.2) is 0 Å². The van der Waals surface area contributed by atoms with Gasteiger partial charge in [-0.15, -0.1) is 0 Å². The van der Waals surface area contributed by atoms with Crippen LogP contribution in [-0.4, -0.2) is 19.4 Å². The van der Waals surface area contributed by atoms with Gasteiger partial charge in [-0.3, -0.25) is 4.79 Å². The molecule has 0 heterocycles. The molecule has 112 valence electrons. The highest BCUT2D eigenvalue weighted by atomic mass is 19.4. The van der Waals surface area contributed by atoms with Crippen LogP contribution in [-0.2, 0) is 6.18 Å². The Morgan fingerprint density at radius 1 is 1.20 bits per heavy atom. The molecule has 0 amide bonds. The molecule has 1 aromatic carbocycles. The lowest BCUT2D eigenvalue weighted by Gasteiger charge is -2.38. The fourth-order valence-corrected chi connectivity index (χ4v) is 1.95. The number of aldehydes is 1. The summed E-state index contributed by atoms with van der Waals surface area (Å²) in [5, 5.41) is 0. The van der Waals surface area contributed by atoms with Crippen LogP contribution in [0.15, 0.2) is 18.2 Å². The molecule has 0 radical (unpaired) electrons. The molecule has 0 aromatic heterocycles. The number of hydrogen-bond acceptors (Lipinski definition) is 2. The highest BCUT2D eigenvalue weighted by Gasteiger charge is 2.36. The molecule has 0 spiro atoms. The number of halogens is 3. The van der Waals surface area contributed by atoms with Gasteiger partial charge in [-0.1, -0.05) is 20.8 Å². The normalized spacial score (nSPS) is 14.0. The molecule has 1 rings (SSSR count).